The third-order valence-corrected chi connectivity index (χ3v) is 3.66. The molecule has 0 heterocycles. The van der Waals surface area contributed by atoms with Gasteiger partial charge in [-0.1, -0.05) is 31.0 Å². The summed E-state index contributed by atoms with van der Waals surface area (Å²) in [4.78, 5) is 11.9. The molecule has 2 rings (SSSR count). The van der Waals surface area contributed by atoms with Gasteiger partial charge in [0.15, 0.2) is 5.96 Å². The number of nitrogens with one attached hydrogen (secondary N) is 4. The second-order valence-corrected chi connectivity index (χ2v) is 5.35. The minimum absolute atomic E-state index is 0.0700. The van der Waals surface area contributed by atoms with Crippen molar-refractivity contribution in [3.05, 3.63) is 29.3 Å². The molecule has 0 bridgehead atoms. The van der Waals surface area contributed by atoms with Crippen molar-refractivity contribution in [1.82, 2.24) is 10.6 Å². The number of urea groups is 1. The molecule has 2 amide bonds. The number of guanidine groups is 1. The summed E-state index contributed by atoms with van der Waals surface area (Å²) in [6.45, 7) is 3.90. The third kappa shape index (κ3) is 3.73. The Kier molecular flexibility index (Phi) is 4.61. The molecule has 0 saturated heterocycles. The summed E-state index contributed by atoms with van der Waals surface area (Å²) < 4.78 is 0. The van der Waals surface area contributed by atoms with E-state index in [1.54, 1.807) is 0 Å². The first-order valence-electron chi connectivity index (χ1n) is 7.05. The van der Waals surface area contributed by atoms with Crippen LogP contribution in [-0.2, 0) is 0 Å². The van der Waals surface area contributed by atoms with E-state index in [1.165, 1.54) is 12.8 Å². The maximum absolute atomic E-state index is 11.9. The SMILES string of the molecule is Cc1cccc(C)c1NC(=O)NC(=N)NC1CCCC1. The summed E-state index contributed by atoms with van der Waals surface area (Å²) in [5.74, 6) is 0.0700. The van der Waals surface area contributed by atoms with Crippen LogP contribution in [0, 0.1) is 19.3 Å². The minimum Gasteiger partial charge on any atom is -0.353 e. The summed E-state index contributed by atoms with van der Waals surface area (Å²) in [6.07, 6.45) is 4.53. The van der Waals surface area contributed by atoms with Gasteiger partial charge in [0.1, 0.15) is 0 Å². The van der Waals surface area contributed by atoms with Crippen LogP contribution >= 0.6 is 0 Å². The van der Waals surface area contributed by atoms with Gasteiger partial charge in [-0.25, -0.2) is 4.79 Å². The lowest BCUT2D eigenvalue weighted by Gasteiger charge is -2.16. The van der Waals surface area contributed by atoms with E-state index in [-0.39, 0.29) is 12.0 Å². The van der Waals surface area contributed by atoms with E-state index in [4.69, 9.17) is 5.41 Å². The molecule has 108 valence electrons. The van der Waals surface area contributed by atoms with Gasteiger partial charge in [-0.3, -0.25) is 10.7 Å². The van der Waals surface area contributed by atoms with Gasteiger partial charge in [0, 0.05) is 11.7 Å². The molecule has 0 unspecified atom stereocenters. The number of carbonyl (C=O) groups is 1. The van der Waals surface area contributed by atoms with Crippen molar-refractivity contribution in [3.63, 3.8) is 0 Å². The third-order valence-electron chi connectivity index (χ3n) is 3.66. The molecular formula is C15H22N4O. The van der Waals surface area contributed by atoms with Gasteiger partial charge in [0.2, 0.25) is 0 Å². The van der Waals surface area contributed by atoms with Crippen LogP contribution in [0.1, 0.15) is 36.8 Å². The van der Waals surface area contributed by atoms with Crippen molar-refractivity contribution >= 4 is 17.7 Å². The summed E-state index contributed by atoms with van der Waals surface area (Å²) in [5, 5.41) is 16.1. The van der Waals surface area contributed by atoms with Crippen LogP contribution in [0.15, 0.2) is 18.2 Å². The van der Waals surface area contributed by atoms with Crippen molar-refractivity contribution in [2.24, 2.45) is 0 Å². The minimum atomic E-state index is -0.377. The van der Waals surface area contributed by atoms with Crippen molar-refractivity contribution in [3.8, 4) is 0 Å². The number of hydrogen-bond acceptors (Lipinski definition) is 2. The normalized spacial score (nSPS) is 14.9. The first-order chi connectivity index (χ1) is 9.56. The molecule has 1 aromatic rings. The number of rotatable bonds is 2. The molecule has 0 aromatic heterocycles. The molecule has 1 aliphatic carbocycles. The summed E-state index contributed by atoms with van der Waals surface area (Å²) in [7, 11) is 0. The molecule has 0 spiro atoms. The smallest absolute Gasteiger partial charge is 0.326 e. The van der Waals surface area contributed by atoms with Gasteiger partial charge in [0.25, 0.3) is 0 Å². The van der Waals surface area contributed by atoms with Gasteiger partial charge in [-0.05, 0) is 37.8 Å². The van der Waals surface area contributed by atoms with Gasteiger partial charge in [0.05, 0.1) is 0 Å². The average molecular weight is 274 g/mol. The summed E-state index contributed by atoms with van der Waals surface area (Å²) >= 11 is 0. The fraction of sp³-hybridized carbons (Fsp3) is 0.467. The topological polar surface area (TPSA) is 77.0 Å². The average Bonchev–Trinajstić information content (AvgIpc) is 2.86. The number of hydrogen-bond donors (Lipinski definition) is 4. The number of benzene rings is 1. The lowest BCUT2D eigenvalue weighted by molar-refractivity contribution is 0.255. The van der Waals surface area contributed by atoms with Crippen LogP contribution < -0.4 is 16.0 Å². The fourth-order valence-corrected chi connectivity index (χ4v) is 2.58. The number of para-hydroxylation sites is 1. The Labute approximate surface area is 119 Å². The van der Waals surface area contributed by atoms with Gasteiger partial charge in [-0.2, -0.15) is 0 Å². The van der Waals surface area contributed by atoms with Crippen LogP contribution in [0.2, 0.25) is 0 Å². The molecule has 1 fully saturated rings. The molecule has 4 N–H and O–H groups in total. The first-order valence-corrected chi connectivity index (χ1v) is 7.05. The highest BCUT2D eigenvalue weighted by Crippen LogP contribution is 2.19. The predicted octanol–water partition coefficient (Wildman–Crippen LogP) is 2.89. The highest BCUT2D eigenvalue weighted by atomic mass is 16.2. The van der Waals surface area contributed by atoms with E-state index in [0.717, 1.165) is 29.7 Å². The molecule has 1 aliphatic rings. The van der Waals surface area contributed by atoms with E-state index >= 15 is 0 Å². The number of amides is 2. The van der Waals surface area contributed by atoms with Gasteiger partial charge < -0.3 is 10.6 Å². The maximum atomic E-state index is 11.9. The van der Waals surface area contributed by atoms with Crippen LogP contribution in [0.3, 0.4) is 0 Å². The number of aryl methyl sites for hydroxylation is 2. The molecule has 20 heavy (non-hydrogen) atoms. The van der Waals surface area contributed by atoms with Gasteiger partial charge >= 0.3 is 6.03 Å². The molecule has 5 heteroatoms. The van der Waals surface area contributed by atoms with E-state index in [9.17, 15) is 4.79 Å². The monoisotopic (exact) mass is 274 g/mol. The predicted molar refractivity (Wildman–Crippen MR) is 81.2 cm³/mol. The van der Waals surface area contributed by atoms with E-state index in [1.807, 2.05) is 32.0 Å². The maximum Gasteiger partial charge on any atom is 0.326 e. The highest BCUT2D eigenvalue weighted by molar-refractivity contribution is 6.02. The Morgan fingerprint density at radius 1 is 1.20 bits per heavy atom. The van der Waals surface area contributed by atoms with Gasteiger partial charge in [-0.15, -0.1) is 0 Å². The van der Waals surface area contributed by atoms with Crippen LogP contribution in [0.25, 0.3) is 0 Å². The Morgan fingerprint density at radius 2 is 1.80 bits per heavy atom. The Bertz CT molecular complexity index is 486. The molecule has 1 saturated carbocycles. The van der Waals surface area contributed by atoms with Crippen molar-refractivity contribution in [1.29, 1.82) is 5.41 Å². The Morgan fingerprint density at radius 3 is 2.40 bits per heavy atom. The van der Waals surface area contributed by atoms with E-state index in [0.29, 0.717) is 6.04 Å². The lowest BCUT2D eigenvalue weighted by atomic mass is 10.1. The molecule has 0 aliphatic heterocycles. The molecular weight excluding hydrogens is 252 g/mol. The van der Waals surface area contributed by atoms with Crippen LogP contribution in [0.4, 0.5) is 10.5 Å². The zero-order chi connectivity index (χ0) is 14.5. The standard InChI is InChI=1S/C15H22N4O/c1-10-6-5-7-11(2)13(10)18-15(20)19-14(16)17-12-8-3-4-9-12/h5-7,12H,3-4,8-9H2,1-2H3,(H4,16,17,18,19,20). The Hall–Kier alpha value is -2.04. The summed E-state index contributed by atoms with van der Waals surface area (Å²) in [5.41, 5.74) is 2.82. The van der Waals surface area contributed by atoms with Crippen LogP contribution in [-0.4, -0.2) is 18.0 Å². The van der Waals surface area contributed by atoms with E-state index < -0.39 is 0 Å². The Balaban J connectivity index is 1.87. The second-order valence-electron chi connectivity index (χ2n) is 5.35. The molecule has 0 radical (unpaired) electrons. The number of anilines is 1. The second kappa shape index (κ2) is 6.41. The quantitative estimate of drug-likeness (QED) is 0.494. The fourth-order valence-electron chi connectivity index (χ4n) is 2.58. The highest BCUT2D eigenvalue weighted by Gasteiger charge is 2.16. The van der Waals surface area contributed by atoms with Crippen molar-refractivity contribution < 1.29 is 4.79 Å². The zero-order valence-corrected chi connectivity index (χ0v) is 12.0. The molecule has 1 aromatic carbocycles. The first kappa shape index (κ1) is 14.4. The van der Waals surface area contributed by atoms with Crippen LogP contribution in [0.5, 0.6) is 0 Å². The van der Waals surface area contributed by atoms with Crippen molar-refractivity contribution in [2.45, 2.75) is 45.6 Å². The zero-order valence-electron chi connectivity index (χ0n) is 12.0. The number of carbonyl (C=O) groups excluding carboxylic acids is 1. The molecule has 5 nitrogen and oxygen atoms in total. The lowest BCUT2D eigenvalue weighted by Crippen LogP contribution is -2.45. The summed E-state index contributed by atoms with van der Waals surface area (Å²) in [6, 6.07) is 5.80. The molecule has 0 atom stereocenters. The van der Waals surface area contributed by atoms with Crippen molar-refractivity contribution in [2.75, 3.05) is 5.32 Å². The largest absolute Gasteiger partial charge is 0.353 e. The van der Waals surface area contributed by atoms with E-state index in [2.05, 4.69) is 16.0 Å².